The molecule has 130 valence electrons. The molecule has 0 fully saturated rings. The Bertz CT molecular complexity index is 1050. The zero-order valence-electron chi connectivity index (χ0n) is 14.1. The summed E-state index contributed by atoms with van der Waals surface area (Å²) >= 11 is 5.05. The van der Waals surface area contributed by atoms with E-state index in [0.29, 0.717) is 0 Å². The Morgan fingerprint density at radius 1 is 1.04 bits per heavy atom. The average molecular weight is 426 g/mol. The standard InChI is InChI=1S/C19H16BrN5S/c1-2-25-17(10-13-6-4-3-5-7-13)23-24-19(25)26-18-15-11-14(20)8-9-16(15)21-12-22-18/h3-9,11-12H,2,10H2,1H3. The van der Waals surface area contributed by atoms with E-state index in [1.807, 2.05) is 36.4 Å². The topological polar surface area (TPSA) is 56.5 Å². The molecule has 0 spiro atoms. The van der Waals surface area contributed by atoms with Crippen molar-refractivity contribution in [2.45, 2.75) is 30.1 Å². The van der Waals surface area contributed by atoms with Crippen LogP contribution in [-0.2, 0) is 13.0 Å². The maximum absolute atomic E-state index is 4.46. The fraction of sp³-hybridized carbons (Fsp3) is 0.158. The molecule has 0 amide bonds. The maximum Gasteiger partial charge on any atom is 0.197 e. The summed E-state index contributed by atoms with van der Waals surface area (Å²) in [7, 11) is 0. The number of halogens is 1. The van der Waals surface area contributed by atoms with Crippen LogP contribution in [-0.4, -0.2) is 24.7 Å². The molecule has 0 atom stereocenters. The van der Waals surface area contributed by atoms with Crippen molar-refractivity contribution in [2.75, 3.05) is 0 Å². The first-order valence-electron chi connectivity index (χ1n) is 8.28. The highest BCUT2D eigenvalue weighted by atomic mass is 79.9. The Kier molecular flexibility index (Phi) is 4.99. The van der Waals surface area contributed by atoms with Gasteiger partial charge in [0.05, 0.1) is 5.52 Å². The van der Waals surface area contributed by atoms with Crippen molar-refractivity contribution in [3.05, 3.63) is 70.7 Å². The smallest absolute Gasteiger partial charge is 0.197 e. The van der Waals surface area contributed by atoms with Crippen LogP contribution in [0.3, 0.4) is 0 Å². The molecular formula is C19H16BrN5S. The van der Waals surface area contributed by atoms with E-state index in [9.17, 15) is 0 Å². The first kappa shape index (κ1) is 17.2. The van der Waals surface area contributed by atoms with Crippen molar-refractivity contribution in [3.8, 4) is 0 Å². The van der Waals surface area contributed by atoms with Gasteiger partial charge in [-0.15, -0.1) is 10.2 Å². The molecule has 0 aliphatic rings. The summed E-state index contributed by atoms with van der Waals surface area (Å²) in [4.78, 5) is 8.80. The Labute approximate surface area is 164 Å². The van der Waals surface area contributed by atoms with Crippen molar-refractivity contribution in [1.82, 2.24) is 24.7 Å². The molecule has 0 aliphatic heterocycles. The minimum Gasteiger partial charge on any atom is -0.306 e. The molecule has 0 N–H and O–H groups in total. The second-order valence-electron chi connectivity index (χ2n) is 5.75. The molecule has 0 saturated heterocycles. The molecule has 2 heterocycles. The summed E-state index contributed by atoms with van der Waals surface area (Å²) in [6, 6.07) is 16.3. The normalized spacial score (nSPS) is 11.2. The van der Waals surface area contributed by atoms with Gasteiger partial charge in [0.1, 0.15) is 17.2 Å². The van der Waals surface area contributed by atoms with E-state index in [2.05, 4.69) is 59.7 Å². The van der Waals surface area contributed by atoms with Crippen LogP contribution in [0.2, 0.25) is 0 Å². The Balaban J connectivity index is 1.68. The highest BCUT2D eigenvalue weighted by Gasteiger charge is 2.15. The van der Waals surface area contributed by atoms with Crippen molar-refractivity contribution < 1.29 is 0 Å². The average Bonchev–Trinajstić information content (AvgIpc) is 3.04. The highest BCUT2D eigenvalue weighted by molar-refractivity contribution is 9.10. The van der Waals surface area contributed by atoms with Gasteiger partial charge in [0.25, 0.3) is 0 Å². The first-order valence-corrected chi connectivity index (χ1v) is 9.89. The monoisotopic (exact) mass is 425 g/mol. The van der Waals surface area contributed by atoms with Crippen LogP contribution in [0.1, 0.15) is 18.3 Å². The Hall–Kier alpha value is -2.25. The first-order chi connectivity index (χ1) is 12.7. The van der Waals surface area contributed by atoms with Gasteiger partial charge >= 0.3 is 0 Å². The van der Waals surface area contributed by atoms with Gasteiger partial charge < -0.3 is 4.57 Å². The number of hydrogen-bond acceptors (Lipinski definition) is 5. The van der Waals surface area contributed by atoms with Gasteiger partial charge in [-0.25, -0.2) is 9.97 Å². The van der Waals surface area contributed by atoms with E-state index in [1.165, 1.54) is 17.3 Å². The molecule has 5 nitrogen and oxygen atoms in total. The number of nitrogens with zero attached hydrogens (tertiary/aromatic N) is 5. The summed E-state index contributed by atoms with van der Waals surface area (Å²) in [6.07, 6.45) is 2.36. The molecule has 0 bridgehead atoms. The molecule has 26 heavy (non-hydrogen) atoms. The molecule has 0 radical (unpaired) electrons. The number of rotatable bonds is 5. The summed E-state index contributed by atoms with van der Waals surface area (Å²) in [5, 5.41) is 11.6. The molecule has 4 aromatic rings. The molecule has 0 saturated carbocycles. The molecule has 0 aliphatic carbocycles. The minimum absolute atomic E-state index is 0.762. The van der Waals surface area contributed by atoms with Crippen molar-refractivity contribution >= 4 is 38.6 Å². The largest absolute Gasteiger partial charge is 0.306 e. The van der Waals surface area contributed by atoms with Crippen LogP contribution < -0.4 is 0 Å². The lowest BCUT2D eigenvalue weighted by atomic mass is 10.1. The number of benzene rings is 2. The lowest BCUT2D eigenvalue weighted by Gasteiger charge is -2.08. The van der Waals surface area contributed by atoms with Crippen LogP contribution in [0.4, 0.5) is 0 Å². The highest BCUT2D eigenvalue weighted by Crippen LogP contribution is 2.32. The summed E-state index contributed by atoms with van der Waals surface area (Å²) in [5.74, 6) is 0.959. The van der Waals surface area contributed by atoms with E-state index >= 15 is 0 Å². The molecule has 0 unspecified atom stereocenters. The fourth-order valence-electron chi connectivity index (χ4n) is 2.79. The van der Waals surface area contributed by atoms with E-state index in [-0.39, 0.29) is 0 Å². The summed E-state index contributed by atoms with van der Waals surface area (Å²) in [5.41, 5.74) is 2.14. The van der Waals surface area contributed by atoms with Gasteiger partial charge in [-0.05, 0) is 42.4 Å². The van der Waals surface area contributed by atoms with Gasteiger partial charge in [-0.2, -0.15) is 0 Å². The van der Waals surface area contributed by atoms with Gasteiger partial charge in [0.15, 0.2) is 5.16 Å². The molecule has 7 heteroatoms. The summed E-state index contributed by atoms with van der Waals surface area (Å²) in [6.45, 7) is 2.92. The number of aromatic nitrogens is 5. The molecule has 4 rings (SSSR count). The van der Waals surface area contributed by atoms with Gasteiger partial charge in [-0.1, -0.05) is 46.3 Å². The minimum atomic E-state index is 0.762. The van der Waals surface area contributed by atoms with Gasteiger partial charge in [0.2, 0.25) is 0 Å². The number of hydrogen-bond donors (Lipinski definition) is 0. The third-order valence-electron chi connectivity index (χ3n) is 4.06. The van der Waals surface area contributed by atoms with Crippen LogP contribution in [0, 0.1) is 0 Å². The van der Waals surface area contributed by atoms with Crippen molar-refractivity contribution in [1.29, 1.82) is 0 Å². The second-order valence-corrected chi connectivity index (χ2v) is 7.62. The van der Waals surface area contributed by atoms with E-state index in [0.717, 1.165) is 44.3 Å². The lowest BCUT2D eigenvalue weighted by molar-refractivity contribution is 0.651. The number of fused-ring (bicyclic) bond motifs is 1. The molecular weight excluding hydrogens is 410 g/mol. The van der Waals surface area contributed by atoms with Crippen molar-refractivity contribution in [2.24, 2.45) is 0 Å². The zero-order chi connectivity index (χ0) is 17.9. The molecule has 2 aromatic heterocycles. The SMILES string of the molecule is CCn1c(Cc2ccccc2)nnc1Sc1ncnc2ccc(Br)cc12. The zero-order valence-corrected chi connectivity index (χ0v) is 16.5. The van der Waals surface area contributed by atoms with Gasteiger partial charge in [0, 0.05) is 22.8 Å². The van der Waals surface area contributed by atoms with Crippen molar-refractivity contribution in [3.63, 3.8) is 0 Å². The van der Waals surface area contributed by atoms with Gasteiger partial charge in [-0.3, -0.25) is 0 Å². The lowest BCUT2D eigenvalue weighted by Crippen LogP contribution is -2.04. The molecule has 2 aromatic carbocycles. The van der Waals surface area contributed by atoms with E-state index in [1.54, 1.807) is 6.33 Å². The quantitative estimate of drug-likeness (QED) is 0.432. The van der Waals surface area contributed by atoms with Crippen LogP contribution in [0.25, 0.3) is 10.9 Å². The van der Waals surface area contributed by atoms with E-state index < -0.39 is 0 Å². The predicted octanol–water partition coefficient (Wildman–Crippen LogP) is 4.75. The Morgan fingerprint density at radius 2 is 1.88 bits per heavy atom. The van der Waals surface area contributed by atoms with Crippen LogP contribution in [0.15, 0.2) is 69.5 Å². The second kappa shape index (κ2) is 7.55. The van der Waals surface area contributed by atoms with E-state index in [4.69, 9.17) is 0 Å². The summed E-state index contributed by atoms with van der Waals surface area (Å²) < 4.78 is 3.15. The fourth-order valence-corrected chi connectivity index (χ4v) is 4.13. The maximum atomic E-state index is 4.46. The third kappa shape index (κ3) is 3.50. The Morgan fingerprint density at radius 3 is 2.69 bits per heavy atom. The third-order valence-corrected chi connectivity index (χ3v) is 5.56. The van der Waals surface area contributed by atoms with Crippen LogP contribution >= 0.6 is 27.7 Å². The predicted molar refractivity (Wildman–Crippen MR) is 106 cm³/mol. The van der Waals surface area contributed by atoms with Crippen LogP contribution in [0.5, 0.6) is 0 Å².